The molecule has 1 nitrogen and oxygen atoms in total. The molecular weight excluding hydrogens is 222 g/mol. The summed E-state index contributed by atoms with van der Waals surface area (Å²) in [4.78, 5) is 4.53. The van der Waals surface area contributed by atoms with Crippen LogP contribution >= 0.6 is 27.3 Å². The van der Waals surface area contributed by atoms with E-state index in [1.54, 1.807) is 11.3 Å². The molecule has 1 aliphatic carbocycles. The van der Waals surface area contributed by atoms with Crippen molar-refractivity contribution >= 4 is 27.3 Å². The van der Waals surface area contributed by atoms with Gasteiger partial charge >= 0.3 is 0 Å². The third-order valence-corrected chi connectivity index (χ3v) is 4.51. The van der Waals surface area contributed by atoms with Gasteiger partial charge in [-0.1, -0.05) is 22.9 Å². The van der Waals surface area contributed by atoms with E-state index in [1.807, 2.05) is 0 Å². The average Bonchev–Trinajstić information content (AvgIpc) is 2.61. The highest BCUT2D eigenvalue weighted by atomic mass is 79.9. The molecule has 0 spiro atoms. The van der Waals surface area contributed by atoms with Gasteiger partial charge in [0.25, 0.3) is 0 Å². The van der Waals surface area contributed by atoms with Gasteiger partial charge in [-0.25, -0.2) is 4.98 Å². The molecule has 11 heavy (non-hydrogen) atoms. The summed E-state index contributed by atoms with van der Waals surface area (Å²) in [5.41, 5.74) is 1.23. The van der Waals surface area contributed by atoms with E-state index in [-0.39, 0.29) is 4.32 Å². The molecule has 0 radical (unpaired) electrons. The Kier molecular flexibility index (Phi) is 1.80. The van der Waals surface area contributed by atoms with Crippen molar-refractivity contribution in [2.45, 2.75) is 30.5 Å². The van der Waals surface area contributed by atoms with E-state index >= 15 is 0 Å². The first-order chi connectivity index (χ1) is 5.24. The molecule has 1 aromatic rings. The zero-order chi connectivity index (χ0) is 7.90. The van der Waals surface area contributed by atoms with Gasteiger partial charge in [-0.2, -0.15) is 0 Å². The van der Waals surface area contributed by atoms with E-state index in [2.05, 4.69) is 33.2 Å². The molecule has 1 aromatic heterocycles. The van der Waals surface area contributed by atoms with Gasteiger partial charge in [0.1, 0.15) is 5.01 Å². The van der Waals surface area contributed by atoms with E-state index in [9.17, 15) is 0 Å². The van der Waals surface area contributed by atoms with Crippen LogP contribution < -0.4 is 0 Å². The molecule has 0 saturated heterocycles. The molecule has 60 valence electrons. The number of alkyl halides is 1. The van der Waals surface area contributed by atoms with Gasteiger partial charge in [0.05, 0.1) is 10.0 Å². The largest absolute Gasteiger partial charge is 0.245 e. The molecule has 0 aliphatic heterocycles. The van der Waals surface area contributed by atoms with Gasteiger partial charge in [0, 0.05) is 5.38 Å². The lowest BCUT2D eigenvalue weighted by molar-refractivity contribution is 0.967. The second kappa shape index (κ2) is 2.56. The van der Waals surface area contributed by atoms with Crippen LogP contribution in [0.1, 0.15) is 30.5 Å². The summed E-state index contributed by atoms with van der Waals surface area (Å²) in [6, 6.07) is 0. The van der Waals surface area contributed by atoms with Gasteiger partial charge in [-0.05, 0) is 19.3 Å². The van der Waals surface area contributed by atoms with Crippen LogP contribution in [0.25, 0.3) is 0 Å². The minimum atomic E-state index is 0.283. The topological polar surface area (TPSA) is 12.9 Å². The van der Waals surface area contributed by atoms with E-state index in [4.69, 9.17) is 0 Å². The second-order valence-electron chi connectivity index (χ2n) is 2.96. The number of aryl methyl sites for hydroxylation is 1. The van der Waals surface area contributed by atoms with Gasteiger partial charge in [-0.3, -0.25) is 0 Å². The Labute approximate surface area is 79.0 Å². The Morgan fingerprint density at radius 1 is 1.73 bits per heavy atom. The van der Waals surface area contributed by atoms with Gasteiger partial charge in [0.2, 0.25) is 0 Å². The summed E-state index contributed by atoms with van der Waals surface area (Å²) >= 11 is 5.47. The van der Waals surface area contributed by atoms with E-state index < -0.39 is 0 Å². The lowest BCUT2D eigenvalue weighted by Gasteiger charge is -1.97. The summed E-state index contributed by atoms with van der Waals surface area (Å²) in [7, 11) is 0. The third-order valence-electron chi connectivity index (χ3n) is 1.99. The average molecular weight is 232 g/mol. The number of aromatic nitrogens is 1. The van der Waals surface area contributed by atoms with E-state index in [0.717, 1.165) is 6.42 Å². The van der Waals surface area contributed by atoms with Gasteiger partial charge in [0.15, 0.2) is 0 Å². The van der Waals surface area contributed by atoms with Crippen LogP contribution in [0.15, 0.2) is 5.38 Å². The number of hydrogen-bond acceptors (Lipinski definition) is 2. The standard InChI is InChI=1S/C8H10BrNS/c1-2-6-5-11-7(10-6)8(9)3-4-8/h5H,2-4H2,1H3. The fourth-order valence-electron chi connectivity index (χ4n) is 0.999. The maximum Gasteiger partial charge on any atom is 0.110 e. The zero-order valence-corrected chi connectivity index (χ0v) is 8.83. The molecule has 1 heterocycles. The molecule has 0 N–H and O–H groups in total. The normalized spacial score (nSPS) is 20.2. The Balaban J connectivity index is 2.25. The first-order valence-electron chi connectivity index (χ1n) is 3.88. The number of rotatable bonds is 2. The van der Waals surface area contributed by atoms with Crippen molar-refractivity contribution in [2.24, 2.45) is 0 Å². The SMILES string of the molecule is CCc1csc(C2(Br)CC2)n1. The highest BCUT2D eigenvalue weighted by Crippen LogP contribution is 2.54. The highest BCUT2D eigenvalue weighted by molar-refractivity contribution is 9.09. The monoisotopic (exact) mass is 231 g/mol. The van der Waals surface area contributed by atoms with Crippen molar-refractivity contribution in [3.8, 4) is 0 Å². The maximum absolute atomic E-state index is 4.53. The predicted octanol–water partition coefficient (Wildman–Crippen LogP) is 3.09. The highest BCUT2D eigenvalue weighted by Gasteiger charge is 2.44. The van der Waals surface area contributed by atoms with Crippen molar-refractivity contribution in [3.63, 3.8) is 0 Å². The Morgan fingerprint density at radius 2 is 2.45 bits per heavy atom. The summed E-state index contributed by atoms with van der Waals surface area (Å²) in [5, 5.41) is 3.44. The molecule has 0 aromatic carbocycles. The third kappa shape index (κ3) is 1.36. The first-order valence-corrected chi connectivity index (χ1v) is 5.56. The second-order valence-corrected chi connectivity index (χ2v) is 5.34. The van der Waals surface area contributed by atoms with Crippen LogP contribution in [-0.4, -0.2) is 4.98 Å². The molecule has 1 fully saturated rings. The smallest absolute Gasteiger partial charge is 0.110 e. The maximum atomic E-state index is 4.53. The molecule has 0 amide bonds. The number of halogens is 1. The van der Waals surface area contributed by atoms with Crippen molar-refractivity contribution in [1.29, 1.82) is 0 Å². The molecule has 3 heteroatoms. The summed E-state index contributed by atoms with van der Waals surface area (Å²) in [5.74, 6) is 0. The summed E-state index contributed by atoms with van der Waals surface area (Å²) < 4.78 is 0.283. The molecule has 1 saturated carbocycles. The van der Waals surface area contributed by atoms with Crippen LogP contribution in [0.5, 0.6) is 0 Å². The van der Waals surface area contributed by atoms with Crippen molar-refractivity contribution in [1.82, 2.24) is 4.98 Å². The molecule has 0 unspecified atom stereocenters. The molecule has 0 atom stereocenters. The Hall–Kier alpha value is 0.110. The van der Waals surface area contributed by atoms with Crippen molar-refractivity contribution in [3.05, 3.63) is 16.1 Å². The molecular formula is C8H10BrNS. The van der Waals surface area contributed by atoms with E-state index in [1.165, 1.54) is 23.5 Å². The van der Waals surface area contributed by atoms with E-state index in [0.29, 0.717) is 0 Å². The van der Waals surface area contributed by atoms with Crippen LogP contribution in [-0.2, 0) is 10.7 Å². The fourth-order valence-corrected chi connectivity index (χ4v) is 2.62. The van der Waals surface area contributed by atoms with Crippen LogP contribution in [0, 0.1) is 0 Å². The predicted molar refractivity (Wildman–Crippen MR) is 51.3 cm³/mol. The quantitative estimate of drug-likeness (QED) is 0.714. The van der Waals surface area contributed by atoms with Gasteiger partial charge < -0.3 is 0 Å². The fraction of sp³-hybridized carbons (Fsp3) is 0.625. The Morgan fingerprint density at radius 3 is 2.91 bits per heavy atom. The summed E-state index contributed by atoms with van der Waals surface area (Å²) in [6.45, 7) is 2.15. The lowest BCUT2D eigenvalue weighted by atomic mass is 10.4. The van der Waals surface area contributed by atoms with Crippen molar-refractivity contribution < 1.29 is 0 Å². The first kappa shape index (κ1) is 7.74. The van der Waals surface area contributed by atoms with Gasteiger partial charge in [-0.15, -0.1) is 11.3 Å². The Bertz CT molecular complexity index is 265. The van der Waals surface area contributed by atoms with Crippen LogP contribution in [0.3, 0.4) is 0 Å². The molecule has 2 rings (SSSR count). The molecule has 1 aliphatic rings. The zero-order valence-electron chi connectivity index (χ0n) is 6.43. The van der Waals surface area contributed by atoms with Crippen LogP contribution in [0.2, 0.25) is 0 Å². The minimum absolute atomic E-state index is 0.283. The number of nitrogens with zero attached hydrogens (tertiary/aromatic N) is 1. The number of hydrogen-bond donors (Lipinski definition) is 0. The summed E-state index contributed by atoms with van der Waals surface area (Å²) in [6.07, 6.45) is 3.56. The van der Waals surface area contributed by atoms with Crippen LogP contribution in [0.4, 0.5) is 0 Å². The number of thiazole rings is 1. The molecule has 0 bridgehead atoms. The van der Waals surface area contributed by atoms with Crippen molar-refractivity contribution in [2.75, 3.05) is 0 Å². The lowest BCUT2D eigenvalue weighted by Crippen LogP contribution is -1.93. The minimum Gasteiger partial charge on any atom is -0.245 e.